The fourth-order valence-corrected chi connectivity index (χ4v) is 2.10. The number of carbonyl (C=O) groups excluding carboxylic acids is 1. The minimum Gasteiger partial charge on any atom is -0.493 e. The van der Waals surface area contributed by atoms with Crippen molar-refractivity contribution in [1.29, 1.82) is 0 Å². The number of anilines is 1. The lowest BCUT2D eigenvalue weighted by atomic mass is 10.2. The van der Waals surface area contributed by atoms with Crippen molar-refractivity contribution in [1.82, 2.24) is 5.43 Å². The second-order valence-corrected chi connectivity index (χ2v) is 5.08. The van der Waals surface area contributed by atoms with Gasteiger partial charge in [-0.1, -0.05) is 18.2 Å². The fraction of sp³-hybridized carbons (Fsp3) is 0.222. The minimum atomic E-state index is -0.227. The number of methoxy groups -OCH3 is 2. The van der Waals surface area contributed by atoms with Gasteiger partial charge in [0.05, 0.1) is 27.0 Å². The van der Waals surface area contributed by atoms with Crippen LogP contribution in [0.1, 0.15) is 11.1 Å². The number of para-hydroxylation sites is 1. The lowest BCUT2D eigenvalue weighted by molar-refractivity contribution is -0.119. The number of rotatable bonds is 7. The summed E-state index contributed by atoms with van der Waals surface area (Å²) in [6.07, 6.45) is 1.55. The van der Waals surface area contributed by atoms with Gasteiger partial charge in [-0.25, -0.2) is 5.43 Å². The molecule has 126 valence electrons. The smallest absolute Gasteiger partial charge is 0.259 e. The Bertz CT molecular complexity index is 729. The maximum atomic E-state index is 11.8. The quantitative estimate of drug-likeness (QED) is 0.606. The Morgan fingerprint density at radius 1 is 1.12 bits per heavy atom. The molecule has 2 aromatic rings. The van der Waals surface area contributed by atoms with Gasteiger partial charge in [-0.2, -0.15) is 5.10 Å². The van der Waals surface area contributed by atoms with E-state index in [4.69, 9.17) is 9.47 Å². The van der Waals surface area contributed by atoms with E-state index in [2.05, 4.69) is 15.8 Å². The van der Waals surface area contributed by atoms with Crippen molar-refractivity contribution in [2.45, 2.75) is 6.92 Å². The highest BCUT2D eigenvalue weighted by molar-refractivity contribution is 5.85. The molecule has 0 aromatic heterocycles. The molecule has 2 N–H and O–H groups in total. The van der Waals surface area contributed by atoms with Crippen molar-refractivity contribution in [2.24, 2.45) is 5.10 Å². The molecule has 0 radical (unpaired) electrons. The van der Waals surface area contributed by atoms with Gasteiger partial charge in [0.2, 0.25) is 0 Å². The molecule has 0 aliphatic rings. The van der Waals surface area contributed by atoms with Gasteiger partial charge in [0.1, 0.15) is 0 Å². The Hall–Kier alpha value is -3.02. The molecule has 0 bridgehead atoms. The predicted molar refractivity (Wildman–Crippen MR) is 95.0 cm³/mol. The zero-order valence-corrected chi connectivity index (χ0v) is 14.0. The Morgan fingerprint density at radius 3 is 2.58 bits per heavy atom. The lowest BCUT2D eigenvalue weighted by Gasteiger charge is -2.08. The van der Waals surface area contributed by atoms with E-state index in [1.807, 2.05) is 37.3 Å². The van der Waals surface area contributed by atoms with Crippen LogP contribution in [0.5, 0.6) is 11.5 Å². The van der Waals surface area contributed by atoms with Crippen LogP contribution in [0.3, 0.4) is 0 Å². The summed E-state index contributed by atoms with van der Waals surface area (Å²) >= 11 is 0. The number of benzene rings is 2. The van der Waals surface area contributed by atoms with E-state index in [0.29, 0.717) is 11.5 Å². The molecule has 6 nitrogen and oxygen atoms in total. The highest BCUT2D eigenvalue weighted by atomic mass is 16.5. The molecule has 0 aliphatic heterocycles. The third-order valence-corrected chi connectivity index (χ3v) is 3.39. The van der Waals surface area contributed by atoms with Gasteiger partial charge in [0.15, 0.2) is 11.5 Å². The van der Waals surface area contributed by atoms with Crippen molar-refractivity contribution >= 4 is 17.8 Å². The van der Waals surface area contributed by atoms with Crippen LogP contribution < -0.4 is 20.2 Å². The maximum absolute atomic E-state index is 11.8. The third kappa shape index (κ3) is 4.74. The molecule has 0 saturated heterocycles. The average Bonchev–Trinajstić information content (AvgIpc) is 2.61. The highest BCUT2D eigenvalue weighted by Gasteiger charge is 2.04. The first-order valence-corrected chi connectivity index (χ1v) is 7.47. The van der Waals surface area contributed by atoms with Gasteiger partial charge in [0.25, 0.3) is 5.91 Å². The van der Waals surface area contributed by atoms with Gasteiger partial charge in [-0.05, 0) is 42.3 Å². The Morgan fingerprint density at radius 2 is 1.88 bits per heavy atom. The van der Waals surface area contributed by atoms with Crippen LogP contribution in [0, 0.1) is 6.92 Å². The molecule has 0 atom stereocenters. The summed E-state index contributed by atoms with van der Waals surface area (Å²) in [5.74, 6) is 1.02. The van der Waals surface area contributed by atoms with Gasteiger partial charge in [0, 0.05) is 5.69 Å². The molecule has 0 unspecified atom stereocenters. The number of hydrazone groups is 1. The standard InChI is InChI=1S/C18H21N3O3/c1-13-6-4-5-7-15(13)19-12-18(22)21-20-11-14-8-9-16(23-2)17(10-14)24-3/h4-11,19H,12H2,1-3H3,(H,21,22)/b20-11+. The van der Waals surface area contributed by atoms with Crippen LogP contribution in [0.15, 0.2) is 47.6 Å². The van der Waals surface area contributed by atoms with Crippen molar-refractivity contribution in [3.05, 3.63) is 53.6 Å². The first kappa shape index (κ1) is 17.3. The van der Waals surface area contributed by atoms with Crippen LogP contribution in [0.4, 0.5) is 5.69 Å². The molecule has 24 heavy (non-hydrogen) atoms. The SMILES string of the molecule is COc1ccc(/C=N/NC(=O)CNc2ccccc2C)cc1OC. The van der Waals surface area contributed by atoms with Gasteiger partial charge >= 0.3 is 0 Å². The number of nitrogens with one attached hydrogen (secondary N) is 2. The van der Waals surface area contributed by atoms with Gasteiger partial charge < -0.3 is 14.8 Å². The molecule has 0 spiro atoms. The van der Waals surface area contributed by atoms with Crippen molar-refractivity contribution in [2.75, 3.05) is 26.1 Å². The number of hydrogen-bond donors (Lipinski definition) is 2. The van der Waals surface area contributed by atoms with Gasteiger partial charge in [-0.3, -0.25) is 4.79 Å². The molecule has 0 heterocycles. The first-order valence-electron chi connectivity index (χ1n) is 7.47. The summed E-state index contributed by atoms with van der Waals surface area (Å²) in [6.45, 7) is 2.13. The number of hydrogen-bond acceptors (Lipinski definition) is 5. The first-order chi connectivity index (χ1) is 11.6. The zero-order chi connectivity index (χ0) is 17.4. The summed E-state index contributed by atoms with van der Waals surface area (Å²) in [4.78, 5) is 11.8. The highest BCUT2D eigenvalue weighted by Crippen LogP contribution is 2.26. The number of aryl methyl sites for hydroxylation is 1. The molecule has 2 aromatic carbocycles. The second kappa shape index (κ2) is 8.57. The molecular weight excluding hydrogens is 306 g/mol. The second-order valence-electron chi connectivity index (χ2n) is 5.08. The summed E-state index contributed by atoms with van der Waals surface area (Å²) in [7, 11) is 3.14. The summed E-state index contributed by atoms with van der Waals surface area (Å²) < 4.78 is 10.4. The molecule has 0 aliphatic carbocycles. The lowest BCUT2D eigenvalue weighted by Crippen LogP contribution is -2.26. The minimum absolute atomic E-state index is 0.147. The molecule has 0 saturated carbocycles. The van der Waals surface area contributed by atoms with E-state index in [9.17, 15) is 4.79 Å². The van der Waals surface area contributed by atoms with Crippen molar-refractivity contribution < 1.29 is 14.3 Å². The molecule has 0 fully saturated rings. The molecular formula is C18H21N3O3. The van der Waals surface area contributed by atoms with Crippen LogP contribution >= 0.6 is 0 Å². The van der Waals surface area contributed by atoms with Gasteiger partial charge in [-0.15, -0.1) is 0 Å². The monoisotopic (exact) mass is 327 g/mol. The van der Waals surface area contributed by atoms with Crippen LogP contribution in [-0.4, -0.2) is 32.9 Å². The van der Waals surface area contributed by atoms with E-state index in [1.54, 1.807) is 32.6 Å². The predicted octanol–water partition coefficient (Wildman–Crippen LogP) is 2.57. The Kier molecular flexibility index (Phi) is 6.19. The Balaban J connectivity index is 1.87. The van der Waals surface area contributed by atoms with Crippen molar-refractivity contribution in [3.8, 4) is 11.5 Å². The number of ether oxygens (including phenoxy) is 2. The summed E-state index contributed by atoms with van der Waals surface area (Å²) in [6, 6.07) is 13.2. The number of carbonyl (C=O) groups is 1. The topological polar surface area (TPSA) is 72.0 Å². The van der Waals surface area contributed by atoms with Crippen molar-refractivity contribution in [3.63, 3.8) is 0 Å². The molecule has 2 rings (SSSR count). The normalized spacial score (nSPS) is 10.5. The maximum Gasteiger partial charge on any atom is 0.259 e. The van der Waals surface area contributed by atoms with E-state index < -0.39 is 0 Å². The van der Waals surface area contributed by atoms with Crippen LogP contribution in [0.25, 0.3) is 0 Å². The zero-order valence-electron chi connectivity index (χ0n) is 14.0. The van der Waals surface area contributed by atoms with E-state index in [0.717, 1.165) is 16.8 Å². The van der Waals surface area contributed by atoms with E-state index >= 15 is 0 Å². The number of nitrogens with zero attached hydrogens (tertiary/aromatic N) is 1. The summed E-state index contributed by atoms with van der Waals surface area (Å²) in [5, 5.41) is 7.02. The molecule has 1 amide bonds. The van der Waals surface area contributed by atoms with E-state index in [-0.39, 0.29) is 12.5 Å². The van der Waals surface area contributed by atoms with Crippen LogP contribution in [-0.2, 0) is 4.79 Å². The summed E-state index contributed by atoms with van der Waals surface area (Å²) in [5.41, 5.74) is 5.28. The molecule has 6 heteroatoms. The average molecular weight is 327 g/mol. The largest absolute Gasteiger partial charge is 0.493 e. The van der Waals surface area contributed by atoms with E-state index in [1.165, 1.54) is 0 Å². The number of amides is 1. The van der Waals surface area contributed by atoms with Crippen LogP contribution in [0.2, 0.25) is 0 Å². The Labute approximate surface area is 141 Å². The fourth-order valence-electron chi connectivity index (χ4n) is 2.10. The third-order valence-electron chi connectivity index (χ3n) is 3.39.